The summed E-state index contributed by atoms with van der Waals surface area (Å²) in [5.41, 5.74) is 0.765. The molecule has 2 aromatic heterocycles. The lowest BCUT2D eigenvalue weighted by molar-refractivity contribution is 0.151. The minimum absolute atomic E-state index is 0.218. The zero-order valence-electron chi connectivity index (χ0n) is 19.3. The molecule has 0 saturated carbocycles. The molecule has 3 aromatic rings. The molecule has 178 valence electrons. The fraction of sp³-hybridized carbons (Fsp3) is 0.435. The molecule has 0 amide bonds. The molecule has 0 radical (unpaired) electrons. The fourth-order valence-electron chi connectivity index (χ4n) is 4.83. The van der Waals surface area contributed by atoms with Crippen LogP contribution in [0.2, 0.25) is 0 Å². The highest BCUT2D eigenvalue weighted by Crippen LogP contribution is 2.39. The standard InChI is InChI=1S/C23H27N7O3S/c1-22(2,3)29-13-15-12-16(4-5-18(15)34(29,25)32)27-20-19-17(6-10-26-21(19)31)30(28-20)23(7-9-24)8-11-33-14-23/h4-6,10,12,25H,7-8,11,13-14H2,1-3H3,(H,26,31)(H,27,28)/t23-,34?/m1/s1. The van der Waals surface area contributed by atoms with Gasteiger partial charge in [0.15, 0.2) is 5.82 Å². The molecule has 3 N–H and O–H groups in total. The van der Waals surface area contributed by atoms with E-state index in [4.69, 9.17) is 14.6 Å². The smallest absolute Gasteiger partial charge is 0.261 e. The van der Waals surface area contributed by atoms with Crippen LogP contribution in [-0.4, -0.2) is 42.0 Å². The first-order chi connectivity index (χ1) is 16.1. The molecular weight excluding hydrogens is 454 g/mol. The molecule has 5 rings (SSSR count). The van der Waals surface area contributed by atoms with Gasteiger partial charge in [0.25, 0.3) is 5.56 Å². The van der Waals surface area contributed by atoms with Crippen molar-refractivity contribution in [3.63, 3.8) is 0 Å². The van der Waals surface area contributed by atoms with Crippen molar-refractivity contribution in [3.8, 4) is 6.07 Å². The summed E-state index contributed by atoms with van der Waals surface area (Å²) in [6.45, 7) is 7.11. The second kappa shape index (κ2) is 7.66. The summed E-state index contributed by atoms with van der Waals surface area (Å²) in [7, 11) is -3.07. The van der Waals surface area contributed by atoms with Crippen molar-refractivity contribution in [2.45, 2.75) is 56.1 Å². The van der Waals surface area contributed by atoms with Gasteiger partial charge in [0.2, 0.25) is 0 Å². The van der Waals surface area contributed by atoms with E-state index in [-0.39, 0.29) is 12.0 Å². The van der Waals surface area contributed by atoms with Gasteiger partial charge in [-0.05, 0) is 57.0 Å². The summed E-state index contributed by atoms with van der Waals surface area (Å²) >= 11 is 0. The lowest BCUT2D eigenvalue weighted by Crippen LogP contribution is -2.40. The number of hydrogen-bond donors (Lipinski definition) is 3. The van der Waals surface area contributed by atoms with Crippen LogP contribution < -0.4 is 10.9 Å². The van der Waals surface area contributed by atoms with Crippen molar-refractivity contribution in [3.05, 3.63) is 46.4 Å². The highest BCUT2D eigenvalue weighted by atomic mass is 32.2. The maximum Gasteiger partial charge on any atom is 0.261 e. The molecule has 34 heavy (non-hydrogen) atoms. The van der Waals surface area contributed by atoms with Crippen LogP contribution in [0.25, 0.3) is 10.9 Å². The van der Waals surface area contributed by atoms with Crippen LogP contribution >= 0.6 is 0 Å². The fourth-order valence-corrected chi connectivity index (χ4v) is 6.89. The van der Waals surface area contributed by atoms with E-state index in [2.05, 4.69) is 16.4 Å². The van der Waals surface area contributed by atoms with Crippen molar-refractivity contribution < 1.29 is 8.95 Å². The summed E-state index contributed by atoms with van der Waals surface area (Å²) in [5.74, 6) is 0.373. The SMILES string of the molecule is CC(C)(C)N1Cc2cc(Nc3nn([C@]4(CC#N)CCOC4)c4cc[nH]c(=O)c34)ccc2S1(=N)=O. The van der Waals surface area contributed by atoms with E-state index in [1.807, 2.05) is 26.8 Å². The average molecular weight is 482 g/mol. The Labute approximate surface area is 197 Å². The number of anilines is 2. The Morgan fingerprint density at radius 3 is 2.85 bits per heavy atom. The average Bonchev–Trinajstić information content (AvgIpc) is 3.44. The molecule has 2 atom stereocenters. The maximum atomic E-state index is 13.2. The number of benzene rings is 1. The van der Waals surface area contributed by atoms with Gasteiger partial charge in [-0.2, -0.15) is 10.4 Å². The number of H-pyrrole nitrogens is 1. The maximum absolute atomic E-state index is 13.2. The molecule has 0 spiro atoms. The molecule has 1 unspecified atom stereocenters. The quantitative estimate of drug-likeness (QED) is 0.521. The lowest BCUT2D eigenvalue weighted by Gasteiger charge is -2.31. The van der Waals surface area contributed by atoms with Gasteiger partial charge in [-0.3, -0.25) is 9.48 Å². The molecule has 10 nitrogen and oxygen atoms in total. The first-order valence-electron chi connectivity index (χ1n) is 11.1. The second-order valence-electron chi connectivity index (χ2n) is 9.87. The Morgan fingerprint density at radius 1 is 1.38 bits per heavy atom. The van der Waals surface area contributed by atoms with Crippen molar-refractivity contribution >= 4 is 32.3 Å². The Hall–Kier alpha value is -3.20. The van der Waals surface area contributed by atoms with E-state index in [0.717, 1.165) is 5.56 Å². The van der Waals surface area contributed by atoms with Crippen LogP contribution in [0.5, 0.6) is 0 Å². The molecule has 11 heteroatoms. The van der Waals surface area contributed by atoms with Gasteiger partial charge in [0.1, 0.15) is 20.8 Å². The molecule has 2 aliphatic heterocycles. The first-order valence-corrected chi connectivity index (χ1v) is 12.6. The van der Waals surface area contributed by atoms with Crippen LogP contribution in [0.4, 0.5) is 11.5 Å². The normalized spacial score (nSPS) is 24.9. The molecule has 4 heterocycles. The minimum atomic E-state index is -3.07. The largest absolute Gasteiger partial charge is 0.379 e. The first kappa shape index (κ1) is 22.6. The number of fused-ring (bicyclic) bond motifs is 2. The minimum Gasteiger partial charge on any atom is -0.379 e. The highest BCUT2D eigenvalue weighted by molar-refractivity contribution is 7.90. The number of hydrogen-bond acceptors (Lipinski definition) is 7. The number of nitrogens with zero attached hydrogens (tertiary/aromatic N) is 4. The Bertz CT molecular complexity index is 1490. The van der Waals surface area contributed by atoms with Crippen LogP contribution in [-0.2, 0) is 26.7 Å². The summed E-state index contributed by atoms with van der Waals surface area (Å²) in [6, 6.07) is 9.36. The van der Waals surface area contributed by atoms with Gasteiger partial charge >= 0.3 is 0 Å². The van der Waals surface area contributed by atoms with Crippen LogP contribution in [0.15, 0.2) is 40.2 Å². The van der Waals surface area contributed by atoms with Crippen molar-refractivity contribution in [1.29, 1.82) is 10.0 Å². The van der Waals surface area contributed by atoms with Crippen LogP contribution in [0, 0.1) is 16.1 Å². The molecule has 1 saturated heterocycles. The molecule has 2 aliphatic rings. The third-order valence-corrected chi connectivity index (χ3v) is 8.83. The van der Waals surface area contributed by atoms with Gasteiger partial charge in [-0.25, -0.2) is 13.3 Å². The zero-order chi connectivity index (χ0) is 24.3. The van der Waals surface area contributed by atoms with Crippen LogP contribution in [0.3, 0.4) is 0 Å². The number of pyridine rings is 1. The zero-order valence-corrected chi connectivity index (χ0v) is 20.2. The van der Waals surface area contributed by atoms with Gasteiger partial charge < -0.3 is 15.0 Å². The summed E-state index contributed by atoms with van der Waals surface area (Å²) in [4.78, 5) is 16.0. The van der Waals surface area contributed by atoms with Crippen LogP contribution in [0.1, 0.15) is 39.2 Å². The number of aromatic nitrogens is 3. The van der Waals surface area contributed by atoms with Crippen molar-refractivity contribution in [2.24, 2.45) is 0 Å². The molecule has 1 aromatic carbocycles. The van der Waals surface area contributed by atoms with E-state index < -0.39 is 21.0 Å². The van der Waals surface area contributed by atoms with E-state index in [0.29, 0.717) is 53.5 Å². The third kappa shape index (κ3) is 3.41. The Morgan fingerprint density at radius 2 is 2.18 bits per heavy atom. The third-order valence-electron chi connectivity index (χ3n) is 6.54. The number of aromatic amines is 1. The summed E-state index contributed by atoms with van der Waals surface area (Å²) in [5, 5.41) is 17.9. The van der Waals surface area contributed by atoms with Gasteiger partial charge in [-0.1, -0.05) is 0 Å². The van der Waals surface area contributed by atoms with E-state index >= 15 is 0 Å². The van der Waals surface area contributed by atoms with Gasteiger partial charge in [0, 0.05) is 30.6 Å². The van der Waals surface area contributed by atoms with Gasteiger partial charge in [0.05, 0.1) is 29.5 Å². The predicted octanol–water partition coefficient (Wildman–Crippen LogP) is 3.43. The van der Waals surface area contributed by atoms with Crippen molar-refractivity contribution in [2.75, 3.05) is 18.5 Å². The molecular formula is C23H27N7O3S. The van der Waals surface area contributed by atoms with Crippen molar-refractivity contribution in [1.82, 2.24) is 19.1 Å². The predicted molar refractivity (Wildman–Crippen MR) is 128 cm³/mol. The Kier molecular flexibility index (Phi) is 5.09. The van der Waals surface area contributed by atoms with Gasteiger partial charge in [-0.15, -0.1) is 0 Å². The molecule has 0 aliphatic carbocycles. The number of ether oxygens (including phenoxy) is 1. The monoisotopic (exact) mass is 481 g/mol. The number of rotatable bonds is 4. The molecule has 1 fully saturated rings. The lowest BCUT2D eigenvalue weighted by atomic mass is 9.95. The van der Waals surface area contributed by atoms with E-state index in [1.165, 1.54) is 0 Å². The Balaban J connectivity index is 1.58. The van der Waals surface area contributed by atoms with E-state index in [1.54, 1.807) is 33.4 Å². The second-order valence-corrected chi connectivity index (χ2v) is 11.8. The summed E-state index contributed by atoms with van der Waals surface area (Å²) in [6.07, 6.45) is 2.42. The number of nitrogens with one attached hydrogen (secondary N) is 3. The molecule has 0 bridgehead atoms. The summed E-state index contributed by atoms with van der Waals surface area (Å²) < 4.78 is 30.8. The highest BCUT2D eigenvalue weighted by Gasteiger charge is 2.40. The van der Waals surface area contributed by atoms with E-state index in [9.17, 15) is 14.3 Å². The number of nitriles is 1. The topological polar surface area (TPSA) is 140 Å².